The summed E-state index contributed by atoms with van der Waals surface area (Å²) < 4.78 is 0. The molecule has 0 radical (unpaired) electrons. The van der Waals surface area contributed by atoms with Gasteiger partial charge in [0.15, 0.2) is 5.82 Å². The van der Waals surface area contributed by atoms with E-state index in [1.54, 1.807) is 12.3 Å². The molecular formula is C23H22Cl2N4O. The number of carbonyl (C=O) groups excluding carboxylic acids is 1. The minimum absolute atomic E-state index is 0.137. The number of carbonyl (C=O) groups is 1. The molecule has 1 amide bonds. The minimum atomic E-state index is 0.137. The van der Waals surface area contributed by atoms with Crippen molar-refractivity contribution in [2.75, 3.05) is 31.1 Å². The number of rotatable bonds is 5. The van der Waals surface area contributed by atoms with Crippen LogP contribution in [0, 0.1) is 0 Å². The van der Waals surface area contributed by atoms with E-state index in [-0.39, 0.29) is 5.91 Å². The summed E-state index contributed by atoms with van der Waals surface area (Å²) in [7, 11) is 0. The molecule has 0 saturated carbocycles. The highest BCUT2D eigenvalue weighted by Gasteiger charge is 2.22. The standard InChI is InChI=1S/C23H22Cl2N4O/c24-19-8-4-7-17(22(19)25)9-10-21(30)29-15-13-28(14-16-29)20-11-12-26-23(27-20)18-5-2-1-3-6-18/h1-8,11-12H,9-10,13-16H2. The van der Waals surface area contributed by atoms with Gasteiger partial charge in [-0.1, -0.05) is 65.7 Å². The molecule has 1 aliphatic rings. The van der Waals surface area contributed by atoms with Gasteiger partial charge in [0.25, 0.3) is 0 Å². The van der Waals surface area contributed by atoms with Crippen LogP contribution in [0.3, 0.4) is 0 Å². The highest BCUT2D eigenvalue weighted by atomic mass is 35.5. The molecule has 0 unspecified atom stereocenters. The molecule has 0 bridgehead atoms. The third kappa shape index (κ3) is 4.74. The summed E-state index contributed by atoms with van der Waals surface area (Å²) in [6.07, 6.45) is 2.80. The van der Waals surface area contributed by atoms with Crippen LogP contribution in [-0.4, -0.2) is 47.0 Å². The predicted octanol–water partition coefficient (Wildman–Crippen LogP) is 4.73. The second kappa shape index (κ2) is 9.45. The second-order valence-corrected chi connectivity index (χ2v) is 7.97. The number of piperazine rings is 1. The molecule has 1 fully saturated rings. The van der Waals surface area contributed by atoms with E-state index in [2.05, 4.69) is 9.88 Å². The molecule has 0 atom stereocenters. The van der Waals surface area contributed by atoms with Gasteiger partial charge in [0, 0.05) is 44.4 Å². The summed E-state index contributed by atoms with van der Waals surface area (Å²) in [5.41, 5.74) is 1.90. The quantitative estimate of drug-likeness (QED) is 0.575. The zero-order valence-electron chi connectivity index (χ0n) is 16.5. The smallest absolute Gasteiger partial charge is 0.223 e. The summed E-state index contributed by atoms with van der Waals surface area (Å²) in [4.78, 5) is 25.9. The predicted molar refractivity (Wildman–Crippen MR) is 121 cm³/mol. The molecule has 1 aromatic heterocycles. The van der Waals surface area contributed by atoms with E-state index in [0.29, 0.717) is 41.8 Å². The molecule has 0 N–H and O–H groups in total. The Bertz CT molecular complexity index is 1020. The maximum absolute atomic E-state index is 12.7. The number of hydrogen-bond donors (Lipinski definition) is 0. The van der Waals surface area contributed by atoms with Crippen LogP contribution in [0.25, 0.3) is 11.4 Å². The molecule has 2 aromatic carbocycles. The zero-order chi connectivity index (χ0) is 20.9. The SMILES string of the molecule is O=C(CCc1cccc(Cl)c1Cl)N1CCN(c2ccnc(-c3ccccc3)n2)CC1. The molecule has 7 heteroatoms. The third-order valence-electron chi connectivity index (χ3n) is 5.27. The fourth-order valence-corrected chi connectivity index (χ4v) is 3.99. The Kier molecular flexibility index (Phi) is 6.50. The highest BCUT2D eigenvalue weighted by Crippen LogP contribution is 2.26. The topological polar surface area (TPSA) is 49.3 Å². The van der Waals surface area contributed by atoms with Crippen molar-refractivity contribution in [3.63, 3.8) is 0 Å². The monoisotopic (exact) mass is 440 g/mol. The molecule has 154 valence electrons. The maximum atomic E-state index is 12.7. The average Bonchev–Trinajstić information content (AvgIpc) is 2.80. The van der Waals surface area contributed by atoms with Gasteiger partial charge in [-0.3, -0.25) is 4.79 Å². The van der Waals surface area contributed by atoms with Crippen LogP contribution >= 0.6 is 23.2 Å². The van der Waals surface area contributed by atoms with Crippen LogP contribution in [0.1, 0.15) is 12.0 Å². The number of anilines is 1. The Labute approximate surface area is 186 Å². The number of aromatic nitrogens is 2. The van der Waals surface area contributed by atoms with Crippen molar-refractivity contribution in [1.29, 1.82) is 0 Å². The first-order chi connectivity index (χ1) is 14.6. The zero-order valence-corrected chi connectivity index (χ0v) is 18.0. The van der Waals surface area contributed by atoms with Crippen LogP contribution in [-0.2, 0) is 11.2 Å². The normalized spacial score (nSPS) is 14.1. The van der Waals surface area contributed by atoms with E-state index < -0.39 is 0 Å². The van der Waals surface area contributed by atoms with E-state index in [4.69, 9.17) is 28.2 Å². The van der Waals surface area contributed by atoms with Crippen molar-refractivity contribution >= 4 is 34.9 Å². The molecule has 2 heterocycles. The Morgan fingerprint density at radius 2 is 1.70 bits per heavy atom. The number of halogens is 2. The van der Waals surface area contributed by atoms with Crippen LogP contribution in [0.5, 0.6) is 0 Å². The number of hydrogen-bond acceptors (Lipinski definition) is 4. The van der Waals surface area contributed by atoms with E-state index in [9.17, 15) is 4.79 Å². The summed E-state index contributed by atoms with van der Waals surface area (Å²) in [6.45, 7) is 2.84. The molecule has 3 aromatic rings. The van der Waals surface area contributed by atoms with Crippen LogP contribution in [0.2, 0.25) is 10.0 Å². The Hall–Kier alpha value is -2.63. The molecule has 1 saturated heterocycles. The Morgan fingerprint density at radius 3 is 2.47 bits per heavy atom. The number of benzene rings is 2. The van der Waals surface area contributed by atoms with Gasteiger partial charge in [0.1, 0.15) is 5.82 Å². The van der Waals surface area contributed by atoms with E-state index >= 15 is 0 Å². The van der Waals surface area contributed by atoms with Crippen molar-refractivity contribution in [1.82, 2.24) is 14.9 Å². The molecule has 1 aliphatic heterocycles. The first-order valence-corrected chi connectivity index (χ1v) is 10.7. The molecule has 0 aliphatic carbocycles. The van der Waals surface area contributed by atoms with E-state index in [0.717, 1.165) is 30.0 Å². The number of nitrogens with zero attached hydrogens (tertiary/aromatic N) is 4. The lowest BCUT2D eigenvalue weighted by Gasteiger charge is -2.35. The van der Waals surface area contributed by atoms with Gasteiger partial charge in [0.2, 0.25) is 5.91 Å². The molecule has 0 spiro atoms. The van der Waals surface area contributed by atoms with Gasteiger partial charge in [-0.15, -0.1) is 0 Å². The molecule has 30 heavy (non-hydrogen) atoms. The summed E-state index contributed by atoms with van der Waals surface area (Å²) in [5, 5.41) is 1.06. The molecule has 5 nitrogen and oxygen atoms in total. The Balaban J connectivity index is 1.34. The second-order valence-electron chi connectivity index (χ2n) is 7.19. The first-order valence-electron chi connectivity index (χ1n) is 9.96. The van der Waals surface area contributed by atoms with E-state index in [1.165, 1.54) is 0 Å². The minimum Gasteiger partial charge on any atom is -0.353 e. The highest BCUT2D eigenvalue weighted by molar-refractivity contribution is 6.42. The van der Waals surface area contributed by atoms with Crippen LogP contribution < -0.4 is 4.90 Å². The third-order valence-corrected chi connectivity index (χ3v) is 6.13. The Morgan fingerprint density at radius 1 is 0.933 bits per heavy atom. The van der Waals surface area contributed by atoms with Gasteiger partial charge in [-0.05, 0) is 24.1 Å². The molecular weight excluding hydrogens is 419 g/mol. The van der Waals surface area contributed by atoms with Crippen molar-refractivity contribution in [2.45, 2.75) is 12.8 Å². The lowest BCUT2D eigenvalue weighted by molar-refractivity contribution is -0.131. The van der Waals surface area contributed by atoms with Gasteiger partial charge >= 0.3 is 0 Å². The summed E-state index contributed by atoms with van der Waals surface area (Å²) >= 11 is 12.3. The maximum Gasteiger partial charge on any atom is 0.223 e. The summed E-state index contributed by atoms with van der Waals surface area (Å²) in [5.74, 6) is 1.74. The van der Waals surface area contributed by atoms with Crippen LogP contribution in [0.4, 0.5) is 5.82 Å². The summed E-state index contributed by atoms with van der Waals surface area (Å²) in [6, 6.07) is 17.4. The van der Waals surface area contributed by atoms with Gasteiger partial charge in [0.05, 0.1) is 10.0 Å². The lowest BCUT2D eigenvalue weighted by atomic mass is 10.1. The largest absolute Gasteiger partial charge is 0.353 e. The average molecular weight is 441 g/mol. The number of amides is 1. The van der Waals surface area contributed by atoms with Crippen molar-refractivity contribution in [2.24, 2.45) is 0 Å². The van der Waals surface area contributed by atoms with E-state index in [1.807, 2.05) is 53.4 Å². The fourth-order valence-electron chi connectivity index (χ4n) is 3.58. The van der Waals surface area contributed by atoms with Gasteiger partial charge in [-0.2, -0.15) is 0 Å². The first kappa shape index (κ1) is 20.6. The van der Waals surface area contributed by atoms with Gasteiger partial charge < -0.3 is 9.80 Å². The number of aryl methyl sites for hydroxylation is 1. The fraction of sp³-hybridized carbons (Fsp3) is 0.261. The van der Waals surface area contributed by atoms with Crippen LogP contribution in [0.15, 0.2) is 60.8 Å². The van der Waals surface area contributed by atoms with Crippen molar-refractivity contribution in [3.05, 3.63) is 76.4 Å². The lowest BCUT2D eigenvalue weighted by Crippen LogP contribution is -2.49. The van der Waals surface area contributed by atoms with Crippen molar-refractivity contribution in [3.8, 4) is 11.4 Å². The van der Waals surface area contributed by atoms with Crippen molar-refractivity contribution < 1.29 is 4.79 Å². The molecule has 4 rings (SSSR count). The van der Waals surface area contributed by atoms with Gasteiger partial charge in [-0.25, -0.2) is 9.97 Å².